The maximum atomic E-state index is 13.3. The Labute approximate surface area is 162 Å². The van der Waals surface area contributed by atoms with Crippen molar-refractivity contribution < 1.29 is 18.7 Å². The van der Waals surface area contributed by atoms with E-state index < -0.39 is 0 Å². The Hall–Kier alpha value is -3.41. The number of nitrogens with zero attached hydrogens (tertiary/aromatic N) is 1. The fourth-order valence-corrected chi connectivity index (χ4v) is 3.00. The van der Waals surface area contributed by atoms with Crippen molar-refractivity contribution in [3.05, 3.63) is 78.2 Å². The molecule has 28 heavy (non-hydrogen) atoms. The number of carbonyl (C=O) groups is 1. The third kappa shape index (κ3) is 4.11. The highest BCUT2D eigenvalue weighted by atomic mass is 19.1. The zero-order valence-corrected chi connectivity index (χ0v) is 15.1. The molecule has 142 valence electrons. The number of benzene rings is 2. The van der Waals surface area contributed by atoms with E-state index >= 15 is 0 Å². The number of hydrogen-bond acceptors (Lipinski definition) is 4. The topological polar surface area (TPSA) is 60.5 Å². The highest BCUT2D eigenvalue weighted by Crippen LogP contribution is 2.31. The number of halogens is 1. The number of nitrogens with one attached hydrogen (secondary N) is 1. The largest absolute Gasteiger partial charge is 0.486 e. The number of amides is 1. The summed E-state index contributed by atoms with van der Waals surface area (Å²) in [6.07, 6.45) is 2.02. The first-order chi connectivity index (χ1) is 13.7. The summed E-state index contributed by atoms with van der Waals surface area (Å²) < 4.78 is 24.9. The molecule has 2 heterocycles. The van der Waals surface area contributed by atoms with Crippen LogP contribution in [0, 0.1) is 5.82 Å². The molecule has 1 aromatic heterocycles. The molecule has 1 N–H and O–H groups in total. The summed E-state index contributed by atoms with van der Waals surface area (Å²) in [5.41, 5.74) is 1.73. The lowest BCUT2D eigenvalue weighted by Gasteiger charge is -2.26. The van der Waals surface area contributed by atoms with Gasteiger partial charge in [0, 0.05) is 24.7 Å². The number of pyridine rings is 1. The molecule has 0 bridgehead atoms. The lowest BCUT2D eigenvalue weighted by molar-refractivity contribution is 0.0812. The van der Waals surface area contributed by atoms with Gasteiger partial charge in [-0.15, -0.1) is 0 Å². The smallest absolute Gasteiger partial charge is 0.252 e. The zero-order valence-electron chi connectivity index (χ0n) is 15.1. The van der Waals surface area contributed by atoms with Crippen molar-refractivity contribution in [1.82, 2.24) is 10.3 Å². The Morgan fingerprint density at radius 1 is 1.11 bits per heavy atom. The number of aromatic nitrogens is 1. The van der Waals surface area contributed by atoms with Crippen LogP contribution in [-0.4, -0.2) is 30.1 Å². The number of rotatable bonds is 5. The van der Waals surface area contributed by atoms with Crippen LogP contribution in [0.1, 0.15) is 16.8 Å². The minimum atomic E-state index is -0.322. The first-order valence-corrected chi connectivity index (χ1v) is 9.08. The van der Waals surface area contributed by atoms with Gasteiger partial charge in [-0.2, -0.15) is 0 Å². The highest BCUT2D eigenvalue weighted by Gasteiger charge is 2.20. The summed E-state index contributed by atoms with van der Waals surface area (Å²) in [5.74, 6) is 0.933. The number of ether oxygens (including phenoxy) is 2. The van der Waals surface area contributed by atoms with Gasteiger partial charge in [0.05, 0.1) is 11.3 Å². The van der Waals surface area contributed by atoms with E-state index in [2.05, 4.69) is 10.3 Å². The monoisotopic (exact) mass is 378 g/mol. The van der Waals surface area contributed by atoms with Crippen molar-refractivity contribution >= 4 is 5.91 Å². The van der Waals surface area contributed by atoms with E-state index in [0.29, 0.717) is 36.4 Å². The van der Waals surface area contributed by atoms with Crippen LogP contribution in [0.2, 0.25) is 0 Å². The lowest BCUT2D eigenvalue weighted by Crippen LogP contribution is -2.34. The first-order valence-electron chi connectivity index (χ1n) is 9.08. The van der Waals surface area contributed by atoms with Gasteiger partial charge in [0.2, 0.25) is 0 Å². The van der Waals surface area contributed by atoms with Crippen LogP contribution in [0.15, 0.2) is 66.9 Å². The fraction of sp³-hybridized carbons (Fsp3) is 0.182. The minimum absolute atomic E-state index is 0.108. The number of fused-ring (bicyclic) bond motifs is 1. The molecule has 3 aromatic rings. The zero-order chi connectivity index (χ0) is 19.3. The molecule has 1 aliphatic heterocycles. The summed E-state index contributed by atoms with van der Waals surface area (Å²) in [6.45, 7) is 0.914. The van der Waals surface area contributed by atoms with Gasteiger partial charge in [-0.25, -0.2) is 4.39 Å². The molecular formula is C22H19FN2O3. The van der Waals surface area contributed by atoms with E-state index in [0.717, 1.165) is 11.5 Å². The average Bonchev–Trinajstić information content (AvgIpc) is 2.74. The average molecular weight is 378 g/mol. The SMILES string of the molecule is O=C(NCCC1COc2ccccc2O1)c1ccc(-c2cccc(F)c2)nc1. The van der Waals surface area contributed by atoms with Gasteiger partial charge in [-0.1, -0.05) is 24.3 Å². The molecule has 5 nitrogen and oxygen atoms in total. The maximum absolute atomic E-state index is 13.3. The van der Waals surface area contributed by atoms with Crippen molar-refractivity contribution in [1.29, 1.82) is 0 Å². The van der Waals surface area contributed by atoms with Crippen molar-refractivity contribution in [2.75, 3.05) is 13.2 Å². The van der Waals surface area contributed by atoms with Crippen LogP contribution in [-0.2, 0) is 0 Å². The Kier molecular flexibility index (Phi) is 5.19. The van der Waals surface area contributed by atoms with Gasteiger partial charge < -0.3 is 14.8 Å². The molecule has 0 radical (unpaired) electrons. The molecule has 1 aliphatic rings. The van der Waals surface area contributed by atoms with Crippen molar-refractivity contribution in [2.24, 2.45) is 0 Å². The van der Waals surface area contributed by atoms with Gasteiger partial charge in [-0.05, 0) is 36.4 Å². The second-order valence-electron chi connectivity index (χ2n) is 6.48. The molecule has 2 aromatic carbocycles. The van der Waals surface area contributed by atoms with E-state index in [1.807, 2.05) is 24.3 Å². The fourth-order valence-electron chi connectivity index (χ4n) is 3.00. The highest BCUT2D eigenvalue weighted by molar-refractivity contribution is 5.94. The van der Waals surface area contributed by atoms with Crippen LogP contribution in [0.5, 0.6) is 11.5 Å². The van der Waals surface area contributed by atoms with Crippen LogP contribution in [0.25, 0.3) is 11.3 Å². The van der Waals surface area contributed by atoms with Gasteiger partial charge in [-0.3, -0.25) is 9.78 Å². The summed E-state index contributed by atoms with van der Waals surface area (Å²) >= 11 is 0. The van der Waals surface area contributed by atoms with Crippen LogP contribution >= 0.6 is 0 Å². The molecule has 6 heteroatoms. The molecule has 0 spiro atoms. The first kappa shape index (κ1) is 18.0. The molecule has 1 amide bonds. The van der Waals surface area contributed by atoms with E-state index in [9.17, 15) is 9.18 Å². The van der Waals surface area contributed by atoms with Gasteiger partial charge >= 0.3 is 0 Å². The Morgan fingerprint density at radius 2 is 1.96 bits per heavy atom. The molecule has 4 rings (SSSR count). The normalized spacial score (nSPS) is 15.1. The number of para-hydroxylation sites is 2. The molecular weight excluding hydrogens is 359 g/mol. The summed E-state index contributed by atoms with van der Waals surface area (Å²) in [5, 5.41) is 2.86. The maximum Gasteiger partial charge on any atom is 0.252 e. The predicted octanol–water partition coefficient (Wildman–Crippen LogP) is 3.85. The molecule has 0 saturated heterocycles. The minimum Gasteiger partial charge on any atom is -0.486 e. The Balaban J connectivity index is 1.30. The molecule has 1 atom stereocenters. The molecule has 1 unspecified atom stereocenters. The predicted molar refractivity (Wildman–Crippen MR) is 103 cm³/mol. The van der Waals surface area contributed by atoms with Crippen LogP contribution < -0.4 is 14.8 Å². The quantitative estimate of drug-likeness (QED) is 0.733. The number of carbonyl (C=O) groups excluding carboxylic acids is 1. The summed E-state index contributed by atoms with van der Waals surface area (Å²) in [4.78, 5) is 16.6. The summed E-state index contributed by atoms with van der Waals surface area (Å²) in [7, 11) is 0. The third-order valence-electron chi connectivity index (χ3n) is 4.47. The van der Waals surface area contributed by atoms with E-state index in [-0.39, 0.29) is 17.8 Å². The standard InChI is InChI=1S/C22H19FN2O3/c23-17-5-3-4-15(12-17)19-9-8-16(13-25-19)22(26)24-11-10-18-14-27-20-6-1-2-7-21(20)28-18/h1-9,12-13,18H,10-11,14H2,(H,24,26). The van der Waals surface area contributed by atoms with Crippen LogP contribution in [0.4, 0.5) is 4.39 Å². The summed E-state index contributed by atoms with van der Waals surface area (Å²) in [6, 6.07) is 17.1. The van der Waals surface area contributed by atoms with Crippen molar-refractivity contribution in [2.45, 2.75) is 12.5 Å². The van der Waals surface area contributed by atoms with Gasteiger partial charge in [0.25, 0.3) is 5.91 Å². The molecule has 0 aliphatic carbocycles. The lowest BCUT2D eigenvalue weighted by atomic mass is 10.1. The van der Waals surface area contributed by atoms with Crippen molar-refractivity contribution in [3.63, 3.8) is 0 Å². The van der Waals surface area contributed by atoms with E-state index in [1.54, 1.807) is 24.3 Å². The van der Waals surface area contributed by atoms with Gasteiger partial charge in [0.1, 0.15) is 18.5 Å². The molecule has 0 saturated carbocycles. The Bertz CT molecular complexity index is 976. The number of hydrogen-bond donors (Lipinski definition) is 1. The Morgan fingerprint density at radius 3 is 2.75 bits per heavy atom. The van der Waals surface area contributed by atoms with Gasteiger partial charge in [0.15, 0.2) is 11.5 Å². The second kappa shape index (κ2) is 8.08. The van der Waals surface area contributed by atoms with Crippen molar-refractivity contribution in [3.8, 4) is 22.8 Å². The second-order valence-corrected chi connectivity index (χ2v) is 6.48. The third-order valence-corrected chi connectivity index (χ3v) is 4.47. The molecule has 0 fully saturated rings. The van der Waals surface area contributed by atoms with Crippen LogP contribution in [0.3, 0.4) is 0 Å². The van der Waals surface area contributed by atoms with E-state index in [1.165, 1.54) is 18.3 Å². The van der Waals surface area contributed by atoms with E-state index in [4.69, 9.17) is 9.47 Å².